The van der Waals surface area contributed by atoms with E-state index >= 15 is 0 Å². The summed E-state index contributed by atoms with van der Waals surface area (Å²) in [6.07, 6.45) is 8.14. The van der Waals surface area contributed by atoms with Crippen molar-refractivity contribution in [2.45, 2.75) is 56.9 Å². The summed E-state index contributed by atoms with van der Waals surface area (Å²) >= 11 is 0. The lowest BCUT2D eigenvalue weighted by atomic mass is 9.82. The molecule has 3 fully saturated rings. The summed E-state index contributed by atoms with van der Waals surface area (Å²) in [7, 11) is 2.10. The van der Waals surface area contributed by atoms with Crippen LogP contribution in [0, 0.1) is 11.7 Å². The molecule has 2 N–H and O–H groups in total. The van der Waals surface area contributed by atoms with Crippen molar-refractivity contribution in [1.29, 1.82) is 0 Å². The van der Waals surface area contributed by atoms with Crippen LogP contribution in [0.3, 0.4) is 0 Å². The Balaban J connectivity index is 1.16. The summed E-state index contributed by atoms with van der Waals surface area (Å²) in [5, 5.41) is 6.11. The van der Waals surface area contributed by atoms with Gasteiger partial charge in [-0.1, -0.05) is 25.3 Å². The average molecular weight is 461 g/mol. The quantitative estimate of drug-likeness (QED) is 0.442. The summed E-state index contributed by atoms with van der Waals surface area (Å²) in [5.74, 6) is 0.510. The first kappa shape index (κ1) is 24.0. The molecular formula is C25H37FN4O3. The number of unbranched alkanes of at least 4 members (excludes halogenated alkanes) is 4. The third-order valence-corrected chi connectivity index (χ3v) is 6.95. The van der Waals surface area contributed by atoms with Crippen LogP contribution in [0.25, 0.3) is 0 Å². The molecule has 0 unspecified atom stereocenters. The van der Waals surface area contributed by atoms with E-state index in [1.54, 1.807) is 4.90 Å². The van der Waals surface area contributed by atoms with Gasteiger partial charge in [-0.25, -0.2) is 9.18 Å². The molecule has 0 atom stereocenters. The van der Waals surface area contributed by atoms with E-state index in [-0.39, 0.29) is 23.3 Å². The predicted octanol–water partition coefficient (Wildman–Crippen LogP) is 3.24. The highest BCUT2D eigenvalue weighted by atomic mass is 19.1. The van der Waals surface area contributed by atoms with Crippen molar-refractivity contribution >= 4 is 11.9 Å². The van der Waals surface area contributed by atoms with Crippen molar-refractivity contribution in [3.8, 4) is 5.75 Å². The van der Waals surface area contributed by atoms with Crippen LogP contribution < -0.4 is 15.4 Å². The third-order valence-electron chi connectivity index (χ3n) is 6.95. The molecule has 8 heteroatoms. The maximum absolute atomic E-state index is 14.2. The molecule has 3 aliphatic rings. The molecule has 4 rings (SSSR count). The first-order valence-corrected chi connectivity index (χ1v) is 12.4. The summed E-state index contributed by atoms with van der Waals surface area (Å²) < 4.78 is 20.0. The van der Waals surface area contributed by atoms with E-state index in [2.05, 4.69) is 22.6 Å². The van der Waals surface area contributed by atoms with Gasteiger partial charge in [-0.15, -0.1) is 0 Å². The highest BCUT2D eigenvalue weighted by Gasteiger charge is 2.42. The molecule has 0 bridgehead atoms. The number of amides is 3. The number of carbonyl (C=O) groups is 2. The Kier molecular flexibility index (Phi) is 7.86. The fraction of sp³-hybridized carbons (Fsp3) is 0.680. The van der Waals surface area contributed by atoms with Crippen LogP contribution in [0.4, 0.5) is 9.18 Å². The second kappa shape index (κ2) is 10.8. The van der Waals surface area contributed by atoms with Gasteiger partial charge in [-0.05, 0) is 62.9 Å². The number of rotatable bonds is 13. The molecule has 33 heavy (non-hydrogen) atoms. The van der Waals surface area contributed by atoms with Gasteiger partial charge in [0.2, 0.25) is 5.91 Å². The van der Waals surface area contributed by atoms with E-state index in [9.17, 15) is 14.0 Å². The monoisotopic (exact) mass is 460 g/mol. The van der Waals surface area contributed by atoms with Crippen molar-refractivity contribution in [1.82, 2.24) is 20.4 Å². The van der Waals surface area contributed by atoms with Gasteiger partial charge in [-0.2, -0.15) is 0 Å². The first-order chi connectivity index (χ1) is 15.9. The Bertz CT molecular complexity index is 839. The summed E-state index contributed by atoms with van der Waals surface area (Å²) in [4.78, 5) is 26.9. The van der Waals surface area contributed by atoms with E-state index in [0.717, 1.165) is 57.3 Å². The number of hydrogen-bond donors (Lipinski definition) is 2. The Morgan fingerprint density at radius 2 is 1.91 bits per heavy atom. The number of halogens is 1. The normalized spacial score (nSPS) is 20.5. The Morgan fingerprint density at radius 3 is 2.64 bits per heavy atom. The zero-order chi connectivity index (χ0) is 23.3. The lowest BCUT2D eigenvalue weighted by Crippen LogP contribution is -2.65. The molecule has 1 aliphatic carbocycles. The van der Waals surface area contributed by atoms with Crippen molar-refractivity contribution in [3.05, 3.63) is 29.6 Å². The molecule has 2 aliphatic heterocycles. The number of likely N-dealkylation sites (N-methyl/N-ethyl adjacent to an activating group) is 1. The zero-order valence-electron chi connectivity index (χ0n) is 19.7. The number of likely N-dealkylation sites (tertiary alicyclic amines) is 1. The molecule has 3 amide bonds. The molecule has 0 spiro atoms. The lowest BCUT2D eigenvalue weighted by Gasteiger charge is -2.50. The maximum Gasteiger partial charge on any atom is 0.324 e. The van der Waals surface area contributed by atoms with Gasteiger partial charge in [0.25, 0.3) is 0 Å². The summed E-state index contributed by atoms with van der Waals surface area (Å²) in [6, 6.07) is 5.07. The number of nitrogens with one attached hydrogen (secondary N) is 2. The molecule has 2 saturated heterocycles. The molecule has 0 radical (unpaired) electrons. The molecule has 1 saturated carbocycles. The Labute approximate surface area is 196 Å². The average Bonchev–Trinajstić information content (AvgIpc) is 3.59. The number of hydrogen-bond acceptors (Lipinski definition) is 5. The van der Waals surface area contributed by atoms with Crippen molar-refractivity contribution < 1.29 is 18.7 Å². The Hall–Kier alpha value is -2.19. The second-order valence-corrected chi connectivity index (χ2v) is 9.94. The van der Waals surface area contributed by atoms with E-state index in [1.165, 1.54) is 18.9 Å². The molecule has 1 aromatic rings. The van der Waals surface area contributed by atoms with Crippen molar-refractivity contribution in [3.63, 3.8) is 0 Å². The second-order valence-electron chi connectivity index (χ2n) is 9.94. The minimum Gasteiger partial charge on any atom is -0.490 e. The van der Waals surface area contributed by atoms with Crippen LogP contribution in [-0.4, -0.2) is 68.1 Å². The number of ether oxygens (including phenoxy) is 1. The summed E-state index contributed by atoms with van der Waals surface area (Å²) in [5.41, 5.74) is 0.963. The smallest absolute Gasteiger partial charge is 0.324 e. The molecular weight excluding hydrogens is 423 g/mol. The van der Waals surface area contributed by atoms with Gasteiger partial charge in [0.15, 0.2) is 11.6 Å². The van der Waals surface area contributed by atoms with Gasteiger partial charge in [0.1, 0.15) is 0 Å². The highest BCUT2D eigenvalue weighted by Crippen LogP contribution is 2.35. The minimum atomic E-state index is -0.282. The molecule has 182 valence electrons. The van der Waals surface area contributed by atoms with E-state index in [0.29, 0.717) is 37.8 Å². The third kappa shape index (κ3) is 6.44. The van der Waals surface area contributed by atoms with Crippen molar-refractivity contribution in [2.24, 2.45) is 5.92 Å². The van der Waals surface area contributed by atoms with Gasteiger partial charge >= 0.3 is 6.03 Å². The molecule has 2 heterocycles. The number of benzene rings is 1. The number of imide groups is 1. The van der Waals surface area contributed by atoms with Crippen LogP contribution in [-0.2, 0) is 10.3 Å². The van der Waals surface area contributed by atoms with Crippen LogP contribution in [0.1, 0.15) is 56.9 Å². The lowest BCUT2D eigenvalue weighted by molar-refractivity contribution is -0.121. The maximum atomic E-state index is 14.2. The highest BCUT2D eigenvalue weighted by molar-refractivity contribution is 5.96. The minimum absolute atomic E-state index is 0.140. The number of nitrogens with zero attached hydrogens (tertiary/aromatic N) is 2. The van der Waals surface area contributed by atoms with E-state index in [4.69, 9.17) is 4.74 Å². The van der Waals surface area contributed by atoms with E-state index in [1.807, 2.05) is 12.1 Å². The number of carbonyl (C=O) groups excluding carboxylic acids is 2. The van der Waals surface area contributed by atoms with Gasteiger partial charge < -0.3 is 19.9 Å². The topological polar surface area (TPSA) is 73.9 Å². The van der Waals surface area contributed by atoms with Gasteiger partial charge in [0.05, 0.1) is 12.1 Å². The van der Waals surface area contributed by atoms with Crippen LogP contribution >= 0.6 is 0 Å². The zero-order valence-corrected chi connectivity index (χ0v) is 19.7. The van der Waals surface area contributed by atoms with Crippen LogP contribution in [0.2, 0.25) is 0 Å². The van der Waals surface area contributed by atoms with Crippen LogP contribution in [0.5, 0.6) is 5.75 Å². The molecule has 7 nitrogen and oxygen atoms in total. The fourth-order valence-corrected chi connectivity index (χ4v) is 4.77. The fourth-order valence-electron chi connectivity index (χ4n) is 4.77. The van der Waals surface area contributed by atoms with Gasteiger partial charge in [-0.3, -0.25) is 10.1 Å². The first-order valence-electron chi connectivity index (χ1n) is 12.4. The molecule has 1 aromatic carbocycles. The van der Waals surface area contributed by atoms with E-state index < -0.39 is 0 Å². The summed E-state index contributed by atoms with van der Waals surface area (Å²) in [6.45, 7) is 4.58. The van der Waals surface area contributed by atoms with Crippen LogP contribution in [0.15, 0.2) is 18.2 Å². The van der Waals surface area contributed by atoms with Crippen molar-refractivity contribution in [2.75, 3.05) is 46.4 Å². The predicted molar refractivity (Wildman–Crippen MR) is 125 cm³/mol. The number of urea groups is 1. The largest absolute Gasteiger partial charge is 0.490 e. The Morgan fingerprint density at radius 1 is 1.15 bits per heavy atom. The molecule has 0 aromatic heterocycles. The standard InChI is InChI=1S/C25H37FN4O3/c1-29-17-25(18-29,20-9-10-21(26)22(15-20)33-16-19-7-8-19)27-12-5-3-2-4-6-13-30-14-11-23(31)28-24(30)32/h9-10,15,19,27H,2-8,11-14,16-18H2,1H3,(H,28,31,32). The SMILES string of the molecule is CN1CC(NCCCCCCCN2CCC(=O)NC2=O)(c2ccc(F)c(OCC3CC3)c2)C1. The van der Waals surface area contributed by atoms with Gasteiger partial charge in [0, 0.05) is 32.6 Å².